The number of amidine groups is 1. The van der Waals surface area contributed by atoms with Crippen LogP contribution in [0, 0.1) is 0 Å². The van der Waals surface area contributed by atoms with Crippen LogP contribution in [0.1, 0.15) is 25.7 Å². The van der Waals surface area contributed by atoms with Crippen molar-refractivity contribution in [1.29, 1.82) is 0 Å². The molecule has 8 heteroatoms. The van der Waals surface area contributed by atoms with Crippen molar-refractivity contribution in [2.24, 2.45) is 10.9 Å². The summed E-state index contributed by atoms with van der Waals surface area (Å²) in [5, 5.41) is 14.6. The first kappa shape index (κ1) is 15.2. The Hall–Kier alpha value is -0.860. The highest BCUT2D eigenvalue weighted by molar-refractivity contribution is 7.88. The van der Waals surface area contributed by atoms with Crippen molar-refractivity contribution in [2.75, 3.05) is 25.9 Å². The highest BCUT2D eigenvalue weighted by Gasteiger charge is 2.24. The van der Waals surface area contributed by atoms with Crippen LogP contribution >= 0.6 is 0 Å². The normalized spacial score (nSPS) is 20.2. The van der Waals surface area contributed by atoms with Crippen LogP contribution in [0.15, 0.2) is 5.16 Å². The van der Waals surface area contributed by atoms with Gasteiger partial charge in [0.15, 0.2) is 0 Å². The molecule has 0 spiro atoms. The predicted octanol–water partition coefficient (Wildman–Crippen LogP) is -0.473. The zero-order valence-corrected chi connectivity index (χ0v) is 11.5. The maximum absolute atomic E-state index is 11.3. The van der Waals surface area contributed by atoms with E-state index in [1.54, 1.807) is 0 Å². The average molecular weight is 278 g/mol. The molecule has 18 heavy (non-hydrogen) atoms. The average Bonchev–Trinajstić information content (AvgIpc) is 2.33. The minimum absolute atomic E-state index is 0.240. The number of rotatable bonds is 6. The van der Waals surface area contributed by atoms with Crippen molar-refractivity contribution in [3.63, 3.8) is 0 Å². The van der Waals surface area contributed by atoms with Crippen molar-refractivity contribution in [2.45, 2.75) is 31.7 Å². The maximum atomic E-state index is 11.3. The molecule has 0 aromatic carbocycles. The summed E-state index contributed by atoms with van der Waals surface area (Å²) in [7, 11) is -3.04. The molecule has 0 unspecified atom stereocenters. The standard InChI is InChI=1S/C10H22N4O3S/c1-18(16,17)14-7-4-9(5-8-14)12-6-2-3-10(11)13-15/h9,12,15H,2-8H2,1H3,(H2,11,13). The van der Waals surface area contributed by atoms with Crippen molar-refractivity contribution < 1.29 is 13.6 Å². The van der Waals surface area contributed by atoms with Gasteiger partial charge < -0.3 is 16.3 Å². The summed E-state index contributed by atoms with van der Waals surface area (Å²) in [5.41, 5.74) is 5.36. The molecule has 1 fully saturated rings. The summed E-state index contributed by atoms with van der Waals surface area (Å²) >= 11 is 0. The highest BCUT2D eigenvalue weighted by Crippen LogP contribution is 2.13. The van der Waals surface area contributed by atoms with Crippen LogP contribution in [0.4, 0.5) is 0 Å². The van der Waals surface area contributed by atoms with Crippen molar-refractivity contribution >= 4 is 15.9 Å². The molecular weight excluding hydrogens is 256 g/mol. The monoisotopic (exact) mass is 278 g/mol. The predicted molar refractivity (Wildman–Crippen MR) is 70.1 cm³/mol. The molecule has 0 aromatic rings. The Labute approximate surface area is 108 Å². The van der Waals surface area contributed by atoms with E-state index in [1.165, 1.54) is 10.6 Å². The van der Waals surface area contributed by atoms with Gasteiger partial charge in [-0.3, -0.25) is 0 Å². The first-order valence-corrected chi connectivity index (χ1v) is 7.93. The van der Waals surface area contributed by atoms with Gasteiger partial charge in [0, 0.05) is 25.6 Å². The Morgan fingerprint density at radius 3 is 2.61 bits per heavy atom. The smallest absolute Gasteiger partial charge is 0.211 e. The first-order valence-electron chi connectivity index (χ1n) is 6.08. The SMILES string of the molecule is CS(=O)(=O)N1CCC(NCCC/C(N)=N/O)CC1. The highest BCUT2D eigenvalue weighted by atomic mass is 32.2. The molecule has 1 rings (SSSR count). The molecule has 4 N–H and O–H groups in total. The van der Waals surface area contributed by atoms with Gasteiger partial charge in [-0.15, -0.1) is 0 Å². The van der Waals surface area contributed by atoms with Gasteiger partial charge in [0.1, 0.15) is 5.84 Å². The molecule has 7 nitrogen and oxygen atoms in total. The Kier molecular flexibility index (Phi) is 5.83. The van der Waals surface area contributed by atoms with Crippen LogP contribution < -0.4 is 11.1 Å². The number of sulfonamides is 1. The number of nitrogens with zero attached hydrogens (tertiary/aromatic N) is 2. The lowest BCUT2D eigenvalue weighted by molar-refractivity contribution is 0.290. The van der Waals surface area contributed by atoms with Crippen LogP contribution in [-0.2, 0) is 10.0 Å². The molecule has 0 saturated carbocycles. The van der Waals surface area contributed by atoms with E-state index in [2.05, 4.69) is 10.5 Å². The third kappa shape index (κ3) is 5.19. The van der Waals surface area contributed by atoms with E-state index in [4.69, 9.17) is 10.9 Å². The second-order valence-corrected chi connectivity index (χ2v) is 6.57. The fraction of sp³-hybridized carbons (Fsp3) is 0.900. The molecule has 1 heterocycles. The van der Waals surface area contributed by atoms with E-state index in [1.807, 2.05) is 0 Å². The Morgan fingerprint density at radius 1 is 1.50 bits per heavy atom. The quantitative estimate of drug-likeness (QED) is 0.200. The largest absolute Gasteiger partial charge is 0.409 e. The van der Waals surface area contributed by atoms with Crippen LogP contribution in [0.25, 0.3) is 0 Å². The molecule has 1 aliphatic heterocycles. The van der Waals surface area contributed by atoms with Gasteiger partial charge >= 0.3 is 0 Å². The second-order valence-electron chi connectivity index (χ2n) is 4.59. The van der Waals surface area contributed by atoms with E-state index >= 15 is 0 Å². The molecule has 0 radical (unpaired) electrons. The van der Waals surface area contributed by atoms with Gasteiger partial charge in [-0.2, -0.15) is 0 Å². The van der Waals surface area contributed by atoms with Crippen LogP contribution in [0.5, 0.6) is 0 Å². The number of hydrogen-bond acceptors (Lipinski definition) is 5. The first-order chi connectivity index (χ1) is 8.43. The van der Waals surface area contributed by atoms with Gasteiger partial charge in [0.25, 0.3) is 0 Å². The summed E-state index contributed by atoms with van der Waals surface area (Å²) in [6, 6.07) is 0.357. The minimum Gasteiger partial charge on any atom is -0.409 e. The van der Waals surface area contributed by atoms with E-state index in [0.717, 1.165) is 25.8 Å². The molecule has 0 bridgehead atoms. The number of nitrogens with two attached hydrogens (primary N) is 1. The molecule has 106 valence electrons. The summed E-state index contributed by atoms with van der Waals surface area (Å²) in [4.78, 5) is 0. The van der Waals surface area contributed by atoms with Crippen molar-refractivity contribution in [3.8, 4) is 0 Å². The lowest BCUT2D eigenvalue weighted by atomic mass is 10.1. The summed E-state index contributed by atoms with van der Waals surface area (Å²) in [6.07, 6.45) is 4.28. The molecule has 0 aliphatic carbocycles. The van der Waals surface area contributed by atoms with Crippen molar-refractivity contribution in [1.82, 2.24) is 9.62 Å². The van der Waals surface area contributed by atoms with E-state index in [9.17, 15) is 8.42 Å². The molecule has 0 aromatic heterocycles. The molecule has 1 saturated heterocycles. The van der Waals surface area contributed by atoms with Gasteiger partial charge in [-0.25, -0.2) is 12.7 Å². The summed E-state index contributed by atoms with van der Waals surface area (Å²) in [5.74, 6) is 0.240. The van der Waals surface area contributed by atoms with E-state index in [0.29, 0.717) is 25.6 Å². The Balaban J connectivity index is 2.17. The van der Waals surface area contributed by atoms with Gasteiger partial charge in [0.2, 0.25) is 10.0 Å². The van der Waals surface area contributed by atoms with Crippen LogP contribution in [0.2, 0.25) is 0 Å². The molecule has 1 aliphatic rings. The maximum Gasteiger partial charge on any atom is 0.211 e. The van der Waals surface area contributed by atoms with Crippen LogP contribution in [0.3, 0.4) is 0 Å². The van der Waals surface area contributed by atoms with Crippen molar-refractivity contribution in [3.05, 3.63) is 0 Å². The lowest BCUT2D eigenvalue weighted by Crippen LogP contribution is -2.44. The summed E-state index contributed by atoms with van der Waals surface area (Å²) in [6.45, 7) is 1.95. The number of oxime groups is 1. The fourth-order valence-corrected chi connectivity index (χ4v) is 2.89. The summed E-state index contributed by atoms with van der Waals surface area (Å²) < 4.78 is 24.1. The van der Waals surface area contributed by atoms with Gasteiger partial charge in [-0.1, -0.05) is 5.16 Å². The number of hydrogen-bond donors (Lipinski definition) is 3. The topological polar surface area (TPSA) is 108 Å². The minimum atomic E-state index is -3.04. The third-order valence-corrected chi connectivity index (χ3v) is 4.40. The van der Waals surface area contributed by atoms with Gasteiger partial charge in [-0.05, 0) is 25.8 Å². The Bertz CT molecular complexity index is 375. The zero-order valence-electron chi connectivity index (χ0n) is 10.7. The Morgan fingerprint density at radius 2 is 2.11 bits per heavy atom. The second kappa shape index (κ2) is 6.91. The lowest BCUT2D eigenvalue weighted by Gasteiger charge is -2.30. The zero-order chi connectivity index (χ0) is 13.6. The molecular formula is C10H22N4O3S. The third-order valence-electron chi connectivity index (χ3n) is 3.09. The van der Waals surface area contributed by atoms with Gasteiger partial charge in [0.05, 0.1) is 6.26 Å². The molecule has 0 atom stereocenters. The van der Waals surface area contributed by atoms with E-state index in [-0.39, 0.29) is 5.84 Å². The van der Waals surface area contributed by atoms with Crippen LogP contribution in [-0.4, -0.2) is 55.7 Å². The van der Waals surface area contributed by atoms with E-state index < -0.39 is 10.0 Å². The number of piperidine rings is 1. The molecule has 0 amide bonds. The number of nitrogens with one attached hydrogen (secondary N) is 1. The fourth-order valence-electron chi connectivity index (χ4n) is 2.02.